The molecule has 1 amide bonds. The summed E-state index contributed by atoms with van der Waals surface area (Å²) < 4.78 is 10.7. The highest BCUT2D eigenvalue weighted by Gasteiger charge is 2.31. The van der Waals surface area contributed by atoms with Gasteiger partial charge in [-0.2, -0.15) is 0 Å². The maximum atomic E-state index is 11.8. The Morgan fingerprint density at radius 2 is 2.25 bits per heavy atom. The van der Waals surface area contributed by atoms with Crippen LogP contribution in [0.25, 0.3) is 0 Å². The minimum absolute atomic E-state index is 0.151. The molecule has 0 saturated carbocycles. The van der Waals surface area contributed by atoms with Crippen molar-refractivity contribution in [3.63, 3.8) is 0 Å². The summed E-state index contributed by atoms with van der Waals surface area (Å²) in [5.74, 6) is -0.308. The lowest BCUT2D eigenvalue weighted by molar-refractivity contribution is -0.149. The Kier molecular flexibility index (Phi) is 6.47. The van der Waals surface area contributed by atoms with E-state index in [1.807, 2.05) is 0 Å². The SMILES string of the molecule is CCOC(=O)C(NC=O)C(O)c1cc(Br)ccc1OC. The van der Waals surface area contributed by atoms with Crippen molar-refractivity contribution in [2.75, 3.05) is 13.7 Å². The van der Waals surface area contributed by atoms with Gasteiger partial charge in [0.25, 0.3) is 0 Å². The monoisotopic (exact) mass is 345 g/mol. The Bertz CT molecular complexity index is 480. The lowest BCUT2D eigenvalue weighted by atomic mass is 10.0. The quantitative estimate of drug-likeness (QED) is 0.572. The maximum Gasteiger partial charge on any atom is 0.331 e. The van der Waals surface area contributed by atoms with Gasteiger partial charge in [0.15, 0.2) is 6.04 Å². The average Bonchev–Trinajstić information content (AvgIpc) is 2.44. The topological polar surface area (TPSA) is 84.9 Å². The minimum Gasteiger partial charge on any atom is -0.496 e. The van der Waals surface area contributed by atoms with E-state index in [4.69, 9.17) is 9.47 Å². The van der Waals surface area contributed by atoms with Crippen LogP contribution in [0.4, 0.5) is 0 Å². The number of esters is 1. The fraction of sp³-hybridized carbons (Fsp3) is 0.385. The predicted octanol–water partition coefficient (Wildman–Crippen LogP) is 1.17. The highest BCUT2D eigenvalue weighted by Crippen LogP contribution is 2.30. The number of benzene rings is 1. The van der Waals surface area contributed by atoms with Gasteiger partial charge in [-0.1, -0.05) is 15.9 Å². The molecular weight excluding hydrogens is 330 g/mol. The van der Waals surface area contributed by atoms with Gasteiger partial charge in [0.05, 0.1) is 13.7 Å². The van der Waals surface area contributed by atoms with E-state index in [1.165, 1.54) is 7.11 Å². The van der Waals surface area contributed by atoms with Crippen LogP contribution in [0.1, 0.15) is 18.6 Å². The summed E-state index contributed by atoms with van der Waals surface area (Å²) in [4.78, 5) is 22.4. The summed E-state index contributed by atoms with van der Waals surface area (Å²) in [6.07, 6.45) is -0.943. The summed E-state index contributed by atoms with van der Waals surface area (Å²) >= 11 is 3.28. The zero-order valence-electron chi connectivity index (χ0n) is 11.1. The highest BCUT2D eigenvalue weighted by atomic mass is 79.9. The molecule has 1 aromatic carbocycles. The molecule has 2 N–H and O–H groups in total. The molecule has 110 valence electrons. The molecule has 0 aliphatic rings. The fourth-order valence-corrected chi connectivity index (χ4v) is 2.09. The first-order chi connectivity index (χ1) is 9.54. The van der Waals surface area contributed by atoms with E-state index in [0.29, 0.717) is 22.2 Å². The molecule has 0 aliphatic carbocycles. The van der Waals surface area contributed by atoms with Crippen LogP contribution in [-0.4, -0.2) is 37.2 Å². The van der Waals surface area contributed by atoms with Crippen LogP contribution in [0, 0.1) is 0 Å². The summed E-state index contributed by atoms with van der Waals surface area (Å²) in [5.41, 5.74) is 0.370. The highest BCUT2D eigenvalue weighted by molar-refractivity contribution is 9.10. The van der Waals surface area contributed by atoms with Crippen LogP contribution in [0.15, 0.2) is 22.7 Å². The normalized spacial score (nSPS) is 13.2. The van der Waals surface area contributed by atoms with Crippen molar-refractivity contribution in [1.29, 1.82) is 0 Å². The second-order valence-electron chi connectivity index (χ2n) is 3.85. The summed E-state index contributed by atoms with van der Waals surface area (Å²) in [5, 5.41) is 12.6. The van der Waals surface area contributed by atoms with E-state index < -0.39 is 18.1 Å². The van der Waals surface area contributed by atoms with E-state index in [-0.39, 0.29) is 6.61 Å². The summed E-state index contributed by atoms with van der Waals surface area (Å²) in [6, 6.07) is 3.80. The van der Waals surface area contributed by atoms with Crippen LogP contribution < -0.4 is 10.1 Å². The molecule has 0 fully saturated rings. The van der Waals surface area contributed by atoms with Gasteiger partial charge in [-0.15, -0.1) is 0 Å². The van der Waals surface area contributed by atoms with Crippen molar-refractivity contribution in [3.05, 3.63) is 28.2 Å². The van der Waals surface area contributed by atoms with Gasteiger partial charge in [-0.25, -0.2) is 4.79 Å². The van der Waals surface area contributed by atoms with Crippen LogP contribution >= 0.6 is 15.9 Å². The van der Waals surface area contributed by atoms with E-state index in [9.17, 15) is 14.7 Å². The molecule has 20 heavy (non-hydrogen) atoms. The van der Waals surface area contributed by atoms with Gasteiger partial charge >= 0.3 is 5.97 Å². The first-order valence-electron chi connectivity index (χ1n) is 5.93. The molecule has 7 heteroatoms. The largest absolute Gasteiger partial charge is 0.496 e. The third-order valence-electron chi connectivity index (χ3n) is 2.61. The molecule has 0 bridgehead atoms. The van der Waals surface area contributed by atoms with E-state index >= 15 is 0 Å². The van der Waals surface area contributed by atoms with E-state index in [0.717, 1.165) is 0 Å². The number of aliphatic hydroxyl groups is 1. The lowest BCUT2D eigenvalue weighted by Gasteiger charge is -2.22. The lowest BCUT2D eigenvalue weighted by Crippen LogP contribution is -2.42. The Morgan fingerprint density at radius 1 is 1.55 bits per heavy atom. The van der Waals surface area contributed by atoms with E-state index in [1.54, 1.807) is 25.1 Å². The Labute approximate surface area is 125 Å². The molecule has 0 saturated heterocycles. The first kappa shape index (κ1) is 16.5. The molecule has 0 heterocycles. The van der Waals surface area contributed by atoms with Gasteiger partial charge in [0.1, 0.15) is 11.9 Å². The van der Waals surface area contributed by atoms with Gasteiger partial charge < -0.3 is 19.9 Å². The standard InChI is InChI=1S/C13H16BrNO5/c1-3-20-13(18)11(15-7-16)12(17)9-6-8(14)4-5-10(9)19-2/h4-7,11-12,17H,3H2,1-2H3,(H,15,16). The van der Waals surface area contributed by atoms with Crippen LogP contribution in [-0.2, 0) is 14.3 Å². The van der Waals surface area contributed by atoms with Gasteiger partial charge in [0.2, 0.25) is 6.41 Å². The Morgan fingerprint density at radius 3 is 2.80 bits per heavy atom. The number of hydrogen-bond donors (Lipinski definition) is 2. The second kappa shape index (κ2) is 7.86. The molecular formula is C13H16BrNO5. The number of aliphatic hydroxyl groups excluding tert-OH is 1. The summed E-state index contributed by atoms with van der Waals surface area (Å²) in [7, 11) is 1.45. The zero-order chi connectivity index (χ0) is 15.1. The fourth-order valence-electron chi connectivity index (χ4n) is 1.71. The smallest absolute Gasteiger partial charge is 0.331 e. The van der Waals surface area contributed by atoms with Crippen LogP contribution in [0.3, 0.4) is 0 Å². The average molecular weight is 346 g/mol. The molecule has 0 aromatic heterocycles. The molecule has 6 nitrogen and oxygen atoms in total. The van der Waals surface area contributed by atoms with Crippen molar-refractivity contribution in [2.24, 2.45) is 0 Å². The number of rotatable bonds is 7. The zero-order valence-corrected chi connectivity index (χ0v) is 12.7. The maximum absolute atomic E-state index is 11.8. The van der Waals surface area contributed by atoms with Crippen molar-refractivity contribution in [3.8, 4) is 5.75 Å². The van der Waals surface area contributed by atoms with Gasteiger partial charge in [0, 0.05) is 10.0 Å². The molecule has 1 rings (SSSR count). The number of ether oxygens (including phenoxy) is 2. The molecule has 1 aromatic rings. The third-order valence-corrected chi connectivity index (χ3v) is 3.11. The van der Waals surface area contributed by atoms with Crippen molar-refractivity contribution in [1.82, 2.24) is 5.32 Å². The molecule has 0 aliphatic heterocycles. The number of hydrogen-bond acceptors (Lipinski definition) is 5. The number of methoxy groups -OCH3 is 1. The number of carbonyl (C=O) groups is 2. The van der Waals surface area contributed by atoms with Crippen molar-refractivity contribution in [2.45, 2.75) is 19.1 Å². The Balaban J connectivity index is 3.10. The number of halogens is 1. The molecule has 0 radical (unpaired) electrons. The third kappa shape index (κ3) is 3.94. The molecule has 0 spiro atoms. The molecule has 2 atom stereocenters. The predicted molar refractivity (Wildman–Crippen MR) is 75.3 cm³/mol. The number of carbonyl (C=O) groups excluding carboxylic acids is 2. The van der Waals surface area contributed by atoms with Crippen molar-refractivity contribution < 1.29 is 24.2 Å². The van der Waals surface area contributed by atoms with Crippen LogP contribution in [0.5, 0.6) is 5.75 Å². The second-order valence-corrected chi connectivity index (χ2v) is 4.76. The Hall–Kier alpha value is -1.60. The minimum atomic E-state index is -1.29. The van der Waals surface area contributed by atoms with Crippen LogP contribution in [0.2, 0.25) is 0 Å². The number of nitrogens with one attached hydrogen (secondary N) is 1. The first-order valence-corrected chi connectivity index (χ1v) is 6.72. The van der Waals surface area contributed by atoms with Gasteiger partial charge in [-0.3, -0.25) is 4.79 Å². The summed E-state index contributed by atoms with van der Waals surface area (Å²) in [6.45, 7) is 1.79. The number of amides is 1. The van der Waals surface area contributed by atoms with Crippen molar-refractivity contribution >= 4 is 28.3 Å². The molecule has 2 unspecified atom stereocenters. The van der Waals surface area contributed by atoms with Gasteiger partial charge in [-0.05, 0) is 25.1 Å². The van der Waals surface area contributed by atoms with E-state index in [2.05, 4.69) is 21.2 Å².